The van der Waals surface area contributed by atoms with Gasteiger partial charge in [-0.3, -0.25) is 14.6 Å². The average Bonchev–Trinajstić information content (AvgIpc) is 3.17. The molecule has 11 heteroatoms. The molecule has 1 heterocycles. The van der Waals surface area contributed by atoms with Crippen molar-refractivity contribution in [2.75, 3.05) is 5.32 Å². The maximum Gasteiger partial charge on any atom is 0.418 e. The van der Waals surface area contributed by atoms with Gasteiger partial charge in [0.1, 0.15) is 5.54 Å². The minimum Gasteiger partial charge on any atom is -0.353 e. The lowest BCUT2D eigenvalue weighted by Crippen LogP contribution is -2.64. The van der Waals surface area contributed by atoms with Crippen molar-refractivity contribution in [3.8, 4) is 0 Å². The number of nitrogens with one attached hydrogen (secondary N) is 2. The van der Waals surface area contributed by atoms with Gasteiger partial charge in [-0.05, 0) is 93.0 Å². The number of benzene rings is 1. The predicted molar refractivity (Wildman–Crippen MR) is 137 cm³/mol. The van der Waals surface area contributed by atoms with Crippen molar-refractivity contribution >= 4 is 24.2 Å². The maximum atomic E-state index is 13.9. The minimum absolute atomic E-state index is 0.0387. The van der Waals surface area contributed by atoms with Gasteiger partial charge < -0.3 is 10.6 Å². The Hall–Kier alpha value is -2.59. The summed E-state index contributed by atoms with van der Waals surface area (Å²) in [6.07, 6.45) is -5.23. The molecule has 40 heavy (non-hydrogen) atoms. The molecule has 3 aliphatic carbocycles. The Kier molecular flexibility index (Phi) is 6.66. The number of piperidine rings is 1. The van der Waals surface area contributed by atoms with Crippen LogP contribution in [0.3, 0.4) is 0 Å². The van der Waals surface area contributed by atoms with E-state index in [2.05, 4.69) is 29.3 Å². The zero-order chi connectivity index (χ0) is 29.5. The first-order chi connectivity index (χ1) is 18.5. The number of halogens is 6. The summed E-state index contributed by atoms with van der Waals surface area (Å²) < 4.78 is 81.3. The van der Waals surface area contributed by atoms with Crippen LogP contribution in [-0.4, -0.2) is 30.1 Å². The lowest BCUT2D eigenvalue weighted by atomic mass is 9.46. The number of nitrogens with zero attached hydrogens (tertiary/aromatic N) is 1. The number of fused-ring (bicyclic) bond motifs is 5. The van der Waals surface area contributed by atoms with Crippen molar-refractivity contribution in [1.29, 1.82) is 0 Å². The Labute approximate surface area is 229 Å². The second-order valence-electron chi connectivity index (χ2n) is 12.8. The van der Waals surface area contributed by atoms with Gasteiger partial charge in [0, 0.05) is 17.4 Å². The fourth-order valence-corrected chi connectivity index (χ4v) is 9.07. The van der Waals surface area contributed by atoms with Crippen LogP contribution < -0.4 is 10.6 Å². The van der Waals surface area contributed by atoms with Crippen molar-refractivity contribution in [1.82, 2.24) is 5.32 Å². The fourth-order valence-electron chi connectivity index (χ4n) is 9.07. The first kappa shape index (κ1) is 28.9. The lowest BCUT2D eigenvalue weighted by molar-refractivity contribution is -0.146. The van der Waals surface area contributed by atoms with Crippen LogP contribution in [0, 0.1) is 34.5 Å². The summed E-state index contributed by atoms with van der Waals surface area (Å²) >= 11 is 0. The molecule has 1 aromatic rings. The van der Waals surface area contributed by atoms with E-state index in [1.54, 1.807) is 0 Å². The van der Waals surface area contributed by atoms with Crippen LogP contribution in [0.15, 0.2) is 23.2 Å². The van der Waals surface area contributed by atoms with E-state index in [0.717, 1.165) is 25.7 Å². The Morgan fingerprint density at radius 2 is 1.70 bits per heavy atom. The van der Waals surface area contributed by atoms with Gasteiger partial charge in [0.25, 0.3) is 5.91 Å². The van der Waals surface area contributed by atoms with E-state index in [1.807, 2.05) is 13.8 Å². The molecule has 8 atom stereocenters. The second-order valence-corrected chi connectivity index (χ2v) is 12.8. The Morgan fingerprint density at radius 3 is 2.33 bits per heavy atom. The fraction of sp³-hybridized carbons (Fsp3) is 0.690. The highest BCUT2D eigenvalue weighted by atomic mass is 19.4. The molecule has 4 fully saturated rings. The number of hydrogen-bond donors (Lipinski definition) is 2. The molecule has 4 aliphatic rings. The van der Waals surface area contributed by atoms with E-state index in [9.17, 15) is 35.9 Å². The molecule has 8 unspecified atom stereocenters. The molecular weight excluding hydrogens is 536 g/mol. The van der Waals surface area contributed by atoms with Gasteiger partial charge in [-0.2, -0.15) is 26.3 Å². The molecule has 5 nitrogen and oxygen atoms in total. The third-order valence-electron chi connectivity index (χ3n) is 11.1. The minimum atomic E-state index is -4.97. The molecule has 3 saturated carbocycles. The second kappa shape index (κ2) is 9.21. The standard InChI is InChI=1S/C29H35F6N3O2/c1-15-14-25(2)18-9-11-26(3)19(17(18)6-8-22(25)38-23(15)39)10-12-27(26,36-4)24(40)37-21-13-16(28(30,31)32)5-7-20(21)29(33,34)35/h5,7,13,15,17-19,22H,4,6,8-12,14H2,1-3H3,(H,37,40)(H,38,39). The molecule has 5 rings (SSSR count). The van der Waals surface area contributed by atoms with E-state index in [-0.39, 0.29) is 41.5 Å². The molecule has 0 radical (unpaired) electrons. The SMILES string of the molecule is C=NC1(C(=O)Nc2cc(C(F)(F)F)ccc2C(F)(F)F)CCC2C3CCC4NC(=O)C(C)CC4(C)C3CCC21C. The third-order valence-corrected chi connectivity index (χ3v) is 11.1. The van der Waals surface area contributed by atoms with Gasteiger partial charge in [-0.15, -0.1) is 0 Å². The largest absolute Gasteiger partial charge is 0.418 e. The molecule has 0 bridgehead atoms. The molecule has 2 N–H and O–H groups in total. The van der Waals surface area contributed by atoms with E-state index in [1.165, 1.54) is 0 Å². The number of rotatable bonds is 3. The highest BCUT2D eigenvalue weighted by Crippen LogP contribution is 2.67. The topological polar surface area (TPSA) is 70.6 Å². The number of aliphatic imine (C=N–C) groups is 1. The van der Waals surface area contributed by atoms with E-state index in [4.69, 9.17) is 0 Å². The summed E-state index contributed by atoms with van der Waals surface area (Å²) in [4.78, 5) is 30.5. The molecule has 220 valence electrons. The number of hydrogen-bond acceptors (Lipinski definition) is 3. The van der Waals surface area contributed by atoms with Crippen molar-refractivity contribution < 1.29 is 35.9 Å². The quantitative estimate of drug-likeness (QED) is 0.307. The summed E-state index contributed by atoms with van der Waals surface area (Å²) in [7, 11) is 0. The maximum absolute atomic E-state index is 13.9. The number of carbonyl (C=O) groups is 2. The van der Waals surface area contributed by atoms with E-state index < -0.39 is 46.0 Å². The smallest absolute Gasteiger partial charge is 0.353 e. The Balaban J connectivity index is 1.47. The van der Waals surface area contributed by atoms with E-state index in [0.29, 0.717) is 37.0 Å². The molecule has 1 saturated heterocycles. The van der Waals surface area contributed by atoms with Gasteiger partial charge in [0.2, 0.25) is 5.91 Å². The van der Waals surface area contributed by atoms with Crippen LogP contribution in [-0.2, 0) is 21.9 Å². The lowest BCUT2D eigenvalue weighted by Gasteiger charge is -2.61. The van der Waals surface area contributed by atoms with Gasteiger partial charge in [0.05, 0.1) is 16.8 Å². The summed E-state index contributed by atoms with van der Waals surface area (Å²) in [6, 6.07) is 1.12. The van der Waals surface area contributed by atoms with Crippen molar-refractivity contribution in [2.24, 2.45) is 39.5 Å². The van der Waals surface area contributed by atoms with Crippen molar-refractivity contribution in [2.45, 2.75) is 89.7 Å². The zero-order valence-corrected chi connectivity index (χ0v) is 22.8. The first-order valence-electron chi connectivity index (χ1n) is 13.9. The Morgan fingerprint density at radius 1 is 1.02 bits per heavy atom. The number of alkyl halides is 6. The van der Waals surface area contributed by atoms with Crippen molar-refractivity contribution in [3.05, 3.63) is 29.3 Å². The number of carbonyl (C=O) groups excluding carboxylic acids is 2. The van der Waals surface area contributed by atoms with Crippen LogP contribution in [0.25, 0.3) is 0 Å². The molecule has 0 aromatic heterocycles. The molecular formula is C29H35F6N3O2. The average molecular weight is 572 g/mol. The highest BCUT2D eigenvalue weighted by molar-refractivity contribution is 6.00. The summed E-state index contributed by atoms with van der Waals surface area (Å²) in [5, 5.41) is 5.43. The summed E-state index contributed by atoms with van der Waals surface area (Å²) in [6.45, 7) is 9.79. The normalized spacial score (nSPS) is 39.4. The number of anilines is 1. The van der Waals surface area contributed by atoms with Gasteiger partial charge >= 0.3 is 12.4 Å². The van der Waals surface area contributed by atoms with E-state index >= 15 is 0 Å². The first-order valence-corrected chi connectivity index (χ1v) is 13.9. The van der Waals surface area contributed by atoms with Gasteiger partial charge in [-0.25, -0.2) is 0 Å². The summed E-state index contributed by atoms with van der Waals surface area (Å²) in [5.74, 6) is -0.311. The van der Waals surface area contributed by atoms with Gasteiger partial charge in [-0.1, -0.05) is 20.8 Å². The van der Waals surface area contributed by atoms with Crippen LogP contribution >= 0.6 is 0 Å². The predicted octanol–water partition coefficient (Wildman–Crippen LogP) is 6.87. The monoisotopic (exact) mass is 571 g/mol. The van der Waals surface area contributed by atoms with Crippen LogP contribution in [0.5, 0.6) is 0 Å². The molecule has 2 amide bonds. The third kappa shape index (κ3) is 4.16. The zero-order valence-electron chi connectivity index (χ0n) is 22.8. The summed E-state index contributed by atoms with van der Waals surface area (Å²) in [5.41, 5.74) is -5.89. The number of amides is 2. The van der Waals surface area contributed by atoms with Crippen LogP contribution in [0.1, 0.15) is 76.8 Å². The van der Waals surface area contributed by atoms with Gasteiger partial charge in [0.15, 0.2) is 0 Å². The molecule has 0 spiro atoms. The molecule has 1 aliphatic heterocycles. The van der Waals surface area contributed by atoms with Crippen molar-refractivity contribution in [3.63, 3.8) is 0 Å². The highest BCUT2D eigenvalue weighted by Gasteiger charge is 2.67. The molecule has 1 aromatic carbocycles. The van der Waals surface area contributed by atoms with Crippen LogP contribution in [0.4, 0.5) is 32.0 Å². The Bertz CT molecular complexity index is 1230. The van der Waals surface area contributed by atoms with Crippen LogP contribution in [0.2, 0.25) is 0 Å².